The smallest absolute Gasteiger partial charge is 0.379 e. The van der Waals surface area contributed by atoms with Gasteiger partial charge in [0.25, 0.3) is 17.5 Å². The minimum atomic E-state index is -1.19. The fourth-order valence-corrected chi connectivity index (χ4v) is 3.88. The molecule has 3 aromatic rings. The number of halogens is 2. The van der Waals surface area contributed by atoms with Crippen LogP contribution < -0.4 is 5.73 Å². The van der Waals surface area contributed by atoms with Crippen molar-refractivity contribution in [3.05, 3.63) is 68.8 Å². The highest BCUT2D eigenvalue weighted by Crippen LogP contribution is 2.33. The number of fused-ring (bicyclic) bond motifs is 1. The Labute approximate surface area is 181 Å². The van der Waals surface area contributed by atoms with Crippen LogP contribution in [0, 0.1) is 6.92 Å². The first-order chi connectivity index (χ1) is 14.2. The summed E-state index contributed by atoms with van der Waals surface area (Å²) in [4.78, 5) is 48.7. The molecule has 154 valence electrons. The SMILES string of the molecule is COC(=O)C(=O)c1cccc2c1c(C(=O)C(N)=O)c(C)n2Cc1c(Cl)cccc1Cl. The molecule has 0 aliphatic heterocycles. The lowest BCUT2D eigenvalue weighted by atomic mass is 9.99. The van der Waals surface area contributed by atoms with Gasteiger partial charge in [0, 0.05) is 32.3 Å². The van der Waals surface area contributed by atoms with E-state index in [-0.39, 0.29) is 23.1 Å². The average Bonchev–Trinajstić information content (AvgIpc) is 3.00. The average molecular weight is 447 g/mol. The van der Waals surface area contributed by atoms with E-state index in [4.69, 9.17) is 28.9 Å². The number of nitrogens with two attached hydrogens (primary N) is 1. The van der Waals surface area contributed by atoms with Crippen molar-refractivity contribution in [3.63, 3.8) is 0 Å². The first-order valence-corrected chi connectivity index (χ1v) is 9.46. The second-order valence-corrected chi connectivity index (χ2v) is 7.27. The summed E-state index contributed by atoms with van der Waals surface area (Å²) in [6.07, 6.45) is 0. The van der Waals surface area contributed by atoms with Gasteiger partial charge in [0.2, 0.25) is 0 Å². The standard InChI is InChI=1S/C21H16Cl2N2O5/c1-10-16(19(27)20(24)28)17-11(18(26)21(29)30-2)5-3-8-15(17)25(10)9-12-13(22)6-4-7-14(12)23/h3-8H,9H2,1-2H3,(H2,24,28). The van der Waals surface area contributed by atoms with Crippen molar-refractivity contribution in [1.82, 2.24) is 4.57 Å². The van der Waals surface area contributed by atoms with Crippen molar-refractivity contribution in [2.45, 2.75) is 13.5 Å². The maximum Gasteiger partial charge on any atom is 0.379 e. The summed E-state index contributed by atoms with van der Waals surface area (Å²) in [6, 6.07) is 9.63. The number of ketones is 2. The maximum atomic E-state index is 12.6. The zero-order valence-corrected chi connectivity index (χ0v) is 17.5. The second kappa shape index (κ2) is 8.30. The quantitative estimate of drug-likeness (QED) is 0.354. The zero-order valence-electron chi connectivity index (χ0n) is 16.0. The summed E-state index contributed by atoms with van der Waals surface area (Å²) < 4.78 is 6.21. The first kappa shape index (κ1) is 21.5. The fraction of sp³-hybridized carbons (Fsp3) is 0.143. The molecule has 7 nitrogen and oxygen atoms in total. The predicted octanol–water partition coefficient (Wildman–Crippen LogP) is 3.33. The van der Waals surface area contributed by atoms with E-state index < -0.39 is 23.4 Å². The highest BCUT2D eigenvalue weighted by Gasteiger charge is 2.29. The molecule has 0 spiro atoms. The molecule has 0 atom stereocenters. The Morgan fingerprint density at radius 3 is 2.17 bits per heavy atom. The minimum absolute atomic E-state index is 0.0615. The lowest BCUT2D eigenvalue weighted by molar-refractivity contribution is -0.135. The molecule has 0 radical (unpaired) electrons. The van der Waals surface area contributed by atoms with Crippen LogP contribution in [0.5, 0.6) is 0 Å². The van der Waals surface area contributed by atoms with Gasteiger partial charge in [0.1, 0.15) is 0 Å². The molecule has 0 fully saturated rings. The predicted molar refractivity (Wildman–Crippen MR) is 112 cm³/mol. The van der Waals surface area contributed by atoms with E-state index in [0.717, 1.165) is 7.11 Å². The van der Waals surface area contributed by atoms with Crippen molar-refractivity contribution >= 4 is 57.5 Å². The number of carbonyl (C=O) groups excluding carboxylic acids is 4. The van der Waals surface area contributed by atoms with Crippen LogP contribution in [0.1, 0.15) is 32.0 Å². The third-order valence-corrected chi connectivity index (χ3v) is 5.50. The van der Waals surface area contributed by atoms with Gasteiger partial charge in [-0.1, -0.05) is 35.3 Å². The summed E-state index contributed by atoms with van der Waals surface area (Å²) in [7, 11) is 1.08. The third kappa shape index (κ3) is 3.58. The molecule has 2 aromatic carbocycles. The van der Waals surface area contributed by atoms with E-state index in [2.05, 4.69) is 4.74 Å². The normalized spacial score (nSPS) is 10.8. The number of hydrogen-bond donors (Lipinski definition) is 1. The first-order valence-electron chi connectivity index (χ1n) is 8.70. The number of amides is 1. The van der Waals surface area contributed by atoms with Crippen LogP contribution in [-0.2, 0) is 20.9 Å². The monoisotopic (exact) mass is 446 g/mol. The summed E-state index contributed by atoms with van der Waals surface area (Å²) in [5.41, 5.74) is 6.49. The largest absolute Gasteiger partial charge is 0.463 e. The molecular formula is C21H16Cl2N2O5. The molecule has 30 heavy (non-hydrogen) atoms. The number of primary amides is 1. The Bertz CT molecular complexity index is 1210. The number of nitrogens with zero attached hydrogens (tertiary/aromatic N) is 1. The van der Waals surface area contributed by atoms with E-state index in [0.29, 0.717) is 26.8 Å². The molecule has 0 saturated carbocycles. The molecule has 0 unspecified atom stereocenters. The van der Waals surface area contributed by atoms with Gasteiger partial charge in [0.15, 0.2) is 0 Å². The molecule has 1 aromatic heterocycles. The van der Waals surface area contributed by atoms with Crippen LogP contribution in [-0.4, -0.2) is 35.1 Å². The van der Waals surface area contributed by atoms with Crippen LogP contribution >= 0.6 is 23.2 Å². The van der Waals surface area contributed by atoms with Gasteiger partial charge in [-0.05, 0) is 31.2 Å². The minimum Gasteiger partial charge on any atom is -0.463 e. The molecular weight excluding hydrogens is 431 g/mol. The van der Waals surface area contributed by atoms with Crippen LogP contribution in [0.4, 0.5) is 0 Å². The zero-order chi connectivity index (χ0) is 22.2. The van der Waals surface area contributed by atoms with Crippen LogP contribution in [0.25, 0.3) is 10.9 Å². The summed E-state index contributed by atoms with van der Waals surface area (Å²) >= 11 is 12.6. The molecule has 1 amide bonds. The van der Waals surface area contributed by atoms with Crippen LogP contribution in [0.3, 0.4) is 0 Å². The number of rotatable bonds is 6. The summed E-state index contributed by atoms with van der Waals surface area (Å²) in [5.74, 6) is -4.21. The Kier molecular flexibility index (Phi) is 5.96. The molecule has 0 aliphatic carbocycles. The van der Waals surface area contributed by atoms with E-state index in [1.807, 2.05) is 0 Å². The topological polar surface area (TPSA) is 108 Å². The lowest BCUT2D eigenvalue weighted by Gasteiger charge is -2.12. The summed E-state index contributed by atoms with van der Waals surface area (Å²) in [5, 5.41) is 0.957. The number of carbonyl (C=O) groups is 4. The van der Waals surface area contributed by atoms with E-state index in [1.54, 1.807) is 41.8 Å². The highest BCUT2D eigenvalue weighted by atomic mass is 35.5. The number of esters is 1. The third-order valence-electron chi connectivity index (χ3n) is 4.79. The van der Waals surface area contributed by atoms with Crippen LogP contribution in [0.2, 0.25) is 10.0 Å². The highest BCUT2D eigenvalue weighted by molar-refractivity contribution is 6.48. The number of Topliss-reactive ketones (excluding diaryl/α,β-unsaturated/α-hetero) is 2. The number of ether oxygens (including phenoxy) is 1. The van der Waals surface area contributed by atoms with Crippen molar-refractivity contribution in [2.24, 2.45) is 5.73 Å². The molecule has 2 N–H and O–H groups in total. The van der Waals surface area contributed by atoms with E-state index in [1.165, 1.54) is 6.07 Å². The van der Waals surface area contributed by atoms with Gasteiger partial charge in [-0.15, -0.1) is 0 Å². The van der Waals surface area contributed by atoms with Crippen molar-refractivity contribution in [3.8, 4) is 0 Å². The maximum absolute atomic E-state index is 12.6. The Hall–Kier alpha value is -3.16. The van der Waals surface area contributed by atoms with E-state index >= 15 is 0 Å². The molecule has 9 heteroatoms. The molecule has 1 heterocycles. The number of benzene rings is 2. The summed E-state index contributed by atoms with van der Waals surface area (Å²) in [6.45, 7) is 1.76. The van der Waals surface area contributed by atoms with Gasteiger partial charge in [0.05, 0.1) is 24.7 Å². The number of aromatic nitrogens is 1. The van der Waals surface area contributed by atoms with Gasteiger partial charge >= 0.3 is 5.97 Å². The fourth-order valence-electron chi connectivity index (χ4n) is 3.36. The molecule has 3 rings (SSSR count). The van der Waals surface area contributed by atoms with Crippen LogP contribution in [0.15, 0.2) is 36.4 Å². The van der Waals surface area contributed by atoms with Crippen molar-refractivity contribution in [2.75, 3.05) is 7.11 Å². The van der Waals surface area contributed by atoms with Gasteiger partial charge in [-0.3, -0.25) is 14.4 Å². The van der Waals surface area contributed by atoms with Crippen molar-refractivity contribution in [1.29, 1.82) is 0 Å². The molecule has 0 aliphatic rings. The number of hydrogen-bond acceptors (Lipinski definition) is 5. The van der Waals surface area contributed by atoms with Gasteiger partial charge in [-0.25, -0.2) is 4.79 Å². The van der Waals surface area contributed by atoms with E-state index in [9.17, 15) is 19.2 Å². The molecule has 0 bridgehead atoms. The van der Waals surface area contributed by atoms with Gasteiger partial charge in [-0.2, -0.15) is 0 Å². The Balaban J connectivity index is 2.36. The van der Waals surface area contributed by atoms with Crippen molar-refractivity contribution < 1.29 is 23.9 Å². The second-order valence-electron chi connectivity index (χ2n) is 6.46. The number of methoxy groups -OCH3 is 1. The Morgan fingerprint density at radius 2 is 1.60 bits per heavy atom. The Morgan fingerprint density at radius 1 is 1.00 bits per heavy atom. The lowest BCUT2D eigenvalue weighted by Crippen LogP contribution is -2.24. The van der Waals surface area contributed by atoms with Gasteiger partial charge < -0.3 is 15.0 Å². The molecule has 0 saturated heterocycles.